The van der Waals surface area contributed by atoms with E-state index in [4.69, 9.17) is 5.73 Å². The Kier molecular flexibility index (Phi) is 4.32. The summed E-state index contributed by atoms with van der Waals surface area (Å²) in [5.41, 5.74) is 6.37. The molecule has 1 aliphatic rings. The molecule has 2 amide bonds. The number of halogens is 1. The third-order valence-electron chi connectivity index (χ3n) is 2.68. The summed E-state index contributed by atoms with van der Waals surface area (Å²) in [6.07, 6.45) is 1.45. The van der Waals surface area contributed by atoms with E-state index in [1.807, 2.05) is 0 Å². The molecule has 5 nitrogen and oxygen atoms in total. The van der Waals surface area contributed by atoms with E-state index in [-0.39, 0.29) is 24.2 Å². The van der Waals surface area contributed by atoms with Crippen LogP contribution in [-0.4, -0.2) is 17.4 Å². The van der Waals surface area contributed by atoms with E-state index in [0.717, 1.165) is 12.8 Å². The first-order valence-corrected chi connectivity index (χ1v) is 5.48. The maximum atomic E-state index is 11.7. The molecule has 1 fully saturated rings. The molecule has 0 radical (unpaired) electrons. The van der Waals surface area contributed by atoms with Gasteiger partial charge < -0.3 is 16.4 Å². The second kappa shape index (κ2) is 5.37. The Balaban J connectivity index is 0.00000162. The predicted molar refractivity (Wildman–Crippen MR) is 72.8 cm³/mol. The molecule has 0 aromatic heterocycles. The van der Waals surface area contributed by atoms with E-state index in [0.29, 0.717) is 11.4 Å². The van der Waals surface area contributed by atoms with Crippen LogP contribution in [0.15, 0.2) is 24.3 Å². The van der Waals surface area contributed by atoms with Crippen LogP contribution in [0.1, 0.15) is 19.8 Å². The van der Waals surface area contributed by atoms with Gasteiger partial charge in [0.1, 0.15) is 0 Å². The van der Waals surface area contributed by atoms with E-state index >= 15 is 0 Å². The minimum atomic E-state index is -0.690. The van der Waals surface area contributed by atoms with Gasteiger partial charge in [0.2, 0.25) is 11.8 Å². The van der Waals surface area contributed by atoms with Crippen molar-refractivity contribution in [2.75, 3.05) is 10.6 Å². The highest BCUT2D eigenvalue weighted by molar-refractivity contribution is 6.00. The first kappa shape index (κ1) is 14.5. The van der Waals surface area contributed by atoms with Crippen LogP contribution in [0.25, 0.3) is 0 Å². The van der Waals surface area contributed by atoms with Crippen molar-refractivity contribution in [1.82, 2.24) is 0 Å². The topological polar surface area (TPSA) is 84.2 Å². The number of hydrogen-bond donors (Lipinski definition) is 3. The second-order valence-electron chi connectivity index (χ2n) is 4.37. The van der Waals surface area contributed by atoms with Crippen LogP contribution in [0.5, 0.6) is 0 Å². The number of amides is 2. The average Bonchev–Trinajstić information content (AvgIpc) is 2.97. The molecule has 1 aliphatic carbocycles. The summed E-state index contributed by atoms with van der Waals surface area (Å²) in [7, 11) is 0. The Morgan fingerprint density at radius 2 is 1.78 bits per heavy atom. The molecular formula is C12H16ClN3O2. The highest BCUT2D eigenvalue weighted by Gasteiger charge is 2.45. The average molecular weight is 270 g/mol. The van der Waals surface area contributed by atoms with Crippen LogP contribution in [0.3, 0.4) is 0 Å². The number of anilines is 2. The van der Waals surface area contributed by atoms with Gasteiger partial charge in [-0.2, -0.15) is 0 Å². The van der Waals surface area contributed by atoms with E-state index in [1.165, 1.54) is 6.92 Å². The van der Waals surface area contributed by atoms with Gasteiger partial charge in [0.05, 0.1) is 5.54 Å². The normalized spacial score (nSPS) is 15.2. The summed E-state index contributed by atoms with van der Waals surface area (Å²) in [5.74, 6) is -0.316. The first-order chi connectivity index (χ1) is 7.99. The van der Waals surface area contributed by atoms with E-state index in [1.54, 1.807) is 24.3 Å². The number of rotatable bonds is 3. The molecule has 6 heteroatoms. The zero-order chi connectivity index (χ0) is 12.5. The number of carbonyl (C=O) groups excluding carboxylic acids is 2. The van der Waals surface area contributed by atoms with Crippen molar-refractivity contribution in [3.8, 4) is 0 Å². The van der Waals surface area contributed by atoms with Crippen molar-refractivity contribution in [3.63, 3.8) is 0 Å². The zero-order valence-corrected chi connectivity index (χ0v) is 10.8. The Hall–Kier alpha value is -1.59. The maximum absolute atomic E-state index is 11.7. The molecule has 1 saturated carbocycles. The molecule has 0 heterocycles. The Bertz CT molecular complexity index is 472. The SMILES string of the molecule is CC(=O)Nc1cccc(NC(=O)C2(N)CC2)c1.Cl. The number of nitrogens with two attached hydrogens (primary N) is 1. The maximum Gasteiger partial charge on any atom is 0.244 e. The minimum absolute atomic E-state index is 0. The molecule has 1 aromatic carbocycles. The molecule has 0 spiro atoms. The van der Waals surface area contributed by atoms with Crippen molar-refractivity contribution < 1.29 is 9.59 Å². The lowest BCUT2D eigenvalue weighted by atomic mass is 10.2. The third kappa shape index (κ3) is 3.45. The molecule has 98 valence electrons. The van der Waals surface area contributed by atoms with Crippen LogP contribution >= 0.6 is 12.4 Å². The molecule has 18 heavy (non-hydrogen) atoms. The van der Waals surface area contributed by atoms with Crippen LogP contribution in [0, 0.1) is 0 Å². The Labute approximate surface area is 112 Å². The number of carbonyl (C=O) groups is 2. The standard InChI is InChI=1S/C12H15N3O2.ClH/c1-8(16)14-9-3-2-4-10(7-9)15-11(17)12(13)5-6-12;/h2-4,7H,5-6,13H2,1H3,(H,14,16)(H,15,17);1H. The Morgan fingerprint density at radius 1 is 1.22 bits per heavy atom. The monoisotopic (exact) mass is 269 g/mol. The molecule has 1 aromatic rings. The van der Waals surface area contributed by atoms with Gasteiger partial charge in [0, 0.05) is 18.3 Å². The molecule has 0 atom stereocenters. The first-order valence-electron chi connectivity index (χ1n) is 5.48. The van der Waals surface area contributed by atoms with Crippen molar-refractivity contribution >= 4 is 35.6 Å². The smallest absolute Gasteiger partial charge is 0.244 e. The summed E-state index contributed by atoms with van der Waals surface area (Å²) < 4.78 is 0. The zero-order valence-electron chi connectivity index (χ0n) is 10.0. The molecular weight excluding hydrogens is 254 g/mol. The van der Waals surface area contributed by atoms with Gasteiger partial charge in [-0.15, -0.1) is 12.4 Å². The molecule has 0 bridgehead atoms. The minimum Gasteiger partial charge on any atom is -0.326 e. The molecule has 0 aliphatic heterocycles. The van der Waals surface area contributed by atoms with Crippen LogP contribution in [0.2, 0.25) is 0 Å². The summed E-state index contributed by atoms with van der Waals surface area (Å²) >= 11 is 0. The van der Waals surface area contributed by atoms with E-state index in [9.17, 15) is 9.59 Å². The van der Waals surface area contributed by atoms with Crippen LogP contribution < -0.4 is 16.4 Å². The van der Waals surface area contributed by atoms with Gasteiger partial charge in [0.25, 0.3) is 0 Å². The van der Waals surface area contributed by atoms with Gasteiger partial charge in [-0.25, -0.2) is 0 Å². The number of hydrogen-bond acceptors (Lipinski definition) is 3. The Morgan fingerprint density at radius 3 is 2.28 bits per heavy atom. The quantitative estimate of drug-likeness (QED) is 0.777. The van der Waals surface area contributed by atoms with Gasteiger partial charge in [0.15, 0.2) is 0 Å². The fraction of sp³-hybridized carbons (Fsp3) is 0.333. The molecule has 0 unspecified atom stereocenters. The summed E-state index contributed by atoms with van der Waals surface area (Å²) in [6, 6.07) is 6.98. The summed E-state index contributed by atoms with van der Waals surface area (Å²) in [5, 5.41) is 5.39. The van der Waals surface area contributed by atoms with Crippen molar-refractivity contribution in [2.24, 2.45) is 5.73 Å². The van der Waals surface area contributed by atoms with Crippen LogP contribution in [0.4, 0.5) is 11.4 Å². The van der Waals surface area contributed by atoms with Crippen molar-refractivity contribution in [3.05, 3.63) is 24.3 Å². The lowest BCUT2D eigenvalue weighted by molar-refractivity contribution is -0.118. The van der Waals surface area contributed by atoms with E-state index in [2.05, 4.69) is 10.6 Å². The van der Waals surface area contributed by atoms with Gasteiger partial charge >= 0.3 is 0 Å². The van der Waals surface area contributed by atoms with Gasteiger partial charge in [-0.05, 0) is 31.0 Å². The van der Waals surface area contributed by atoms with Gasteiger partial charge in [-0.3, -0.25) is 9.59 Å². The highest BCUT2D eigenvalue weighted by Crippen LogP contribution is 2.33. The second-order valence-corrected chi connectivity index (χ2v) is 4.37. The van der Waals surface area contributed by atoms with Crippen molar-refractivity contribution in [1.29, 1.82) is 0 Å². The lowest BCUT2D eigenvalue weighted by Gasteiger charge is -2.11. The fourth-order valence-electron chi connectivity index (χ4n) is 1.50. The highest BCUT2D eigenvalue weighted by atomic mass is 35.5. The number of nitrogens with one attached hydrogen (secondary N) is 2. The summed E-state index contributed by atoms with van der Waals surface area (Å²) in [4.78, 5) is 22.6. The van der Waals surface area contributed by atoms with Crippen LogP contribution in [-0.2, 0) is 9.59 Å². The molecule has 2 rings (SSSR count). The van der Waals surface area contributed by atoms with Crippen molar-refractivity contribution in [2.45, 2.75) is 25.3 Å². The van der Waals surface area contributed by atoms with Gasteiger partial charge in [-0.1, -0.05) is 6.07 Å². The largest absolute Gasteiger partial charge is 0.326 e. The molecule has 4 N–H and O–H groups in total. The lowest BCUT2D eigenvalue weighted by Crippen LogP contribution is -2.37. The predicted octanol–water partition coefficient (Wildman–Crippen LogP) is 1.50. The van der Waals surface area contributed by atoms with E-state index < -0.39 is 5.54 Å². The fourth-order valence-corrected chi connectivity index (χ4v) is 1.50. The molecule has 0 saturated heterocycles. The number of benzene rings is 1. The summed E-state index contributed by atoms with van der Waals surface area (Å²) in [6.45, 7) is 1.43. The third-order valence-corrected chi connectivity index (χ3v) is 2.68.